The normalized spacial score (nSPS) is 13.9. The molecule has 0 radical (unpaired) electrons. The number of benzene rings is 3. The maximum absolute atomic E-state index is 12.6. The van der Waals surface area contributed by atoms with Crippen molar-refractivity contribution in [3.8, 4) is 22.9 Å². The zero-order chi connectivity index (χ0) is 29.8. The summed E-state index contributed by atoms with van der Waals surface area (Å²) in [7, 11) is 0. The van der Waals surface area contributed by atoms with Gasteiger partial charge in [-0.15, -0.1) is 10.2 Å². The number of phenolic OH excluding ortho intramolecular Hbond substituents is 2. The summed E-state index contributed by atoms with van der Waals surface area (Å²) in [5.74, 6) is 0.898. The van der Waals surface area contributed by atoms with Crippen LogP contribution < -0.4 is 10.1 Å². The van der Waals surface area contributed by atoms with Crippen LogP contribution in [0.5, 0.6) is 17.2 Å². The van der Waals surface area contributed by atoms with Gasteiger partial charge in [0.05, 0.1) is 24.4 Å². The molecule has 0 bridgehead atoms. The number of phenols is 2. The van der Waals surface area contributed by atoms with Crippen LogP contribution in [0.25, 0.3) is 5.69 Å². The van der Waals surface area contributed by atoms with E-state index < -0.39 is 6.04 Å². The summed E-state index contributed by atoms with van der Waals surface area (Å²) in [6, 6.07) is 16.4. The van der Waals surface area contributed by atoms with E-state index in [0.29, 0.717) is 46.7 Å². The van der Waals surface area contributed by atoms with Gasteiger partial charge in [0.15, 0.2) is 23.1 Å². The first kappa shape index (κ1) is 28.8. The SMILES string of the molecule is CCNC(=O)C[C@@H]1N=C(c2ccc(Cl)cc2)c2cc(OCCCC(=O)c3ccc(O)c(O)c3)ccc2-n2c(C)nnc21. The Morgan fingerprint density at radius 2 is 1.81 bits per heavy atom. The van der Waals surface area contributed by atoms with Crippen LogP contribution >= 0.6 is 11.6 Å². The molecule has 1 aliphatic heterocycles. The molecule has 0 saturated carbocycles. The van der Waals surface area contributed by atoms with E-state index in [0.717, 1.165) is 16.8 Å². The second kappa shape index (κ2) is 12.4. The number of halogens is 1. The van der Waals surface area contributed by atoms with Gasteiger partial charge in [0.2, 0.25) is 5.91 Å². The van der Waals surface area contributed by atoms with Gasteiger partial charge < -0.3 is 20.3 Å². The summed E-state index contributed by atoms with van der Waals surface area (Å²) in [5.41, 5.74) is 3.37. The number of rotatable bonds is 10. The van der Waals surface area contributed by atoms with Crippen molar-refractivity contribution in [3.63, 3.8) is 0 Å². The highest BCUT2D eigenvalue weighted by Gasteiger charge is 2.30. The third-order valence-electron chi connectivity index (χ3n) is 6.88. The number of hydrogen-bond acceptors (Lipinski definition) is 8. The van der Waals surface area contributed by atoms with E-state index in [-0.39, 0.29) is 42.6 Å². The van der Waals surface area contributed by atoms with Gasteiger partial charge in [0, 0.05) is 34.7 Å². The van der Waals surface area contributed by atoms with Crippen LogP contribution in [-0.2, 0) is 4.79 Å². The lowest BCUT2D eigenvalue weighted by Gasteiger charge is -2.15. The van der Waals surface area contributed by atoms with Gasteiger partial charge in [-0.25, -0.2) is 0 Å². The van der Waals surface area contributed by atoms with Crippen molar-refractivity contribution in [1.82, 2.24) is 20.1 Å². The number of aromatic hydroxyl groups is 2. The monoisotopic (exact) mass is 587 g/mol. The zero-order valence-electron chi connectivity index (χ0n) is 23.2. The minimum atomic E-state index is -0.578. The second-order valence-electron chi connectivity index (χ2n) is 9.86. The topological polar surface area (TPSA) is 139 Å². The minimum Gasteiger partial charge on any atom is -0.504 e. The highest BCUT2D eigenvalue weighted by Crippen LogP contribution is 2.34. The smallest absolute Gasteiger partial charge is 0.222 e. The predicted molar refractivity (Wildman–Crippen MR) is 158 cm³/mol. The third-order valence-corrected chi connectivity index (χ3v) is 7.13. The lowest BCUT2D eigenvalue weighted by molar-refractivity contribution is -0.121. The largest absolute Gasteiger partial charge is 0.504 e. The van der Waals surface area contributed by atoms with Crippen molar-refractivity contribution in [3.05, 3.63) is 94.0 Å². The molecule has 0 aliphatic carbocycles. The Morgan fingerprint density at radius 3 is 2.55 bits per heavy atom. The van der Waals surface area contributed by atoms with Crippen LogP contribution in [-0.4, -0.2) is 55.5 Å². The van der Waals surface area contributed by atoms with Gasteiger partial charge in [0.1, 0.15) is 17.6 Å². The fourth-order valence-corrected chi connectivity index (χ4v) is 4.97. The lowest BCUT2D eigenvalue weighted by Crippen LogP contribution is -2.25. The molecule has 0 unspecified atom stereocenters. The Balaban J connectivity index is 1.44. The van der Waals surface area contributed by atoms with E-state index in [4.69, 9.17) is 21.3 Å². The molecule has 0 saturated heterocycles. The number of ether oxygens (including phenoxy) is 1. The Kier molecular flexibility index (Phi) is 8.53. The molecular formula is C31H30ClN5O5. The Hall–Kier alpha value is -4.70. The molecule has 3 N–H and O–H groups in total. The maximum atomic E-state index is 12.6. The molecule has 4 aromatic rings. The first-order chi connectivity index (χ1) is 20.2. The van der Waals surface area contributed by atoms with Gasteiger partial charge in [0.25, 0.3) is 0 Å². The molecule has 216 valence electrons. The van der Waals surface area contributed by atoms with E-state index in [1.165, 1.54) is 18.2 Å². The molecular weight excluding hydrogens is 558 g/mol. The van der Waals surface area contributed by atoms with E-state index in [1.807, 2.05) is 48.7 Å². The maximum Gasteiger partial charge on any atom is 0.222 e. The average Bonchev–Trinajstić information content (AvgIpc) is 3.30. The molecule has 10 nitrogen and oxygen atoms in total. The molecule has 0 fully saturated rings. The van der Waals surface area contributed by atoms with Crippen molar-refractivity contribution < 1.29 is 24.5 Å². The van der Waals surface area contributed by atoms with Gasteiger partial charge in [-0.1, -0.05) is 23.7 Å². The molecule has 11 heteroatoms. The molecule has 3 aromatic carbocycles. The number of hydrogen-bond donors (Lipinski definition) is 3. The summed E-state index contributed by atoms with van der Waals surface area (Å²) in [4.78, 5) is 30.2. The van der Waals surface area contributed by atoms with E-state index in [2.05, 4.69) is 15.5 Å². The van der Waals surface area contributed by atoms with E-state index >= 15 is 0 Å². The lowest BCUT2D eigenvalue weighted by atomic mass is 10.00. The van der Waals surface area contributed by atoms with Crippen molar-refractivity contribution >= 4 is 29.0 Å². The first-order valence-electron chi connectivity index (χ1n) is 13.6. The van der Waals surface area contributed by atoms with Crippen LogP contribution in [0.3, 0.4) is 0 Å². The quantitative estimate of drug-likeness (QED) is 0.133. The molecule has 1 aliphatic rings. The van der Waals surface area contributed by atoms with E-state index in [1.54, 1.807) is 12.1 Å². The van der Waals surface area contributed by atoms with Gasteiger partial charge in [-0.05, 0) is 68.8 Å². The Bertz CT molecular complexity index is 1660. The minimum absolute atomic E-state index is 0.104. The van der Waals surface area contributed by atoms with Crippen molar-refractivity contribution in [2.45, 2.75) is 39.2 Å². The molecule has 2 heterocycles. The fraction of sp³-hybridized carbons (Fsp3) is 0.258. The number of aliphatic imine (C=N–C) groups is 1. The number of aryl methyl sites for hydroxylation is 1. The van der Waals surface area contributed by atoms with Crippen LogP contribution in [0.15, 0.2) is 65.7 Å². The third kappa shape index (κ3) is 6.13. The highest BCUT2D eigenvalue weighted by atomic mass is 35.5. The molecule has 0 spiro atoms. The molecule has 1 aromatic heterocycles. The summed E-state index contributed by atoms with van der Waals surface area (Å²) in [6.07, 6.45) is 0.754. The number of aromatic nitrogens is 3. The standard InChI is InChI=1S/C31H30ClN5O5/c1-3-33-29(41)17-24-31-36-35-18(2)37(31)25-12-11-22(16-23(25)30(34-24)19-6-9-21(32)10-7-19)42-14-4-5-26(38)20-8-13-27(39)28(40)15-20/h6-13,15-16,24,39-40H,3-5,14,17H2,1-2H3,(H,33,41)/t24-/m0/s1. The number of ketones is 1. The number of nitrogens with zero attached hydrogens (tertiary/aromatic N) is 4. The predicted octanol–water partition coefficient (Wildman–Crippen LogP) is 5.10. The van der Waals surface area contributed by atoms with Crippen molar-refractivity contribution in [2.24, 2.45) is 4.99 Å². The van der Waals surface area contributed by atoms with Crippen LogP contribution in [0, 0.1) is 6.92 Å². The molecule has 1 amide bonds. The highest BCUT2D eigenvalue weighted by molar-refractivity contribution is 6.30. The summed E-state index contributed by atoms with van der Waals surface area (Å²) < 4.78 is 7.96. The fourth-order valence-electron chi connectivity index (χ4n) is 4.85. The van der Waals surface area contributed by atoms with Crippen LogP contribution in [0.1, 0.15) is 65.4 Å². The van der Waals surface area contributed by atoms with E-state index in [9.17, 15) is 19.8 Å². The molecule has 5 rings (SSSR count). The van der Waals surface area contributed by atoms with Crippen molar-refractivity contribution in [1.29, 1.82) is 0 Å². The number of fused-ring (bicyclic) bond motifs is 3. The first-order valence-corrected chi connectivity index (χ1v) is 14.0. The second-order valence-corrected chi connectivity index (χ2v) is 10.3. The van der Waals surface area contributed by atoms with Crippen LogP contribution in [0.2, 0.25) is 5.02 Å². The Morgan fingerprint density at radius 1 is 1.02 bits per heavy atom. The Labute approximate surface area is 247 Å². The summed E-state index contributed by atoms with van der Waals surface area (Å²) in [6.45, 7) is 4.51. The number of amides is 1. The van der Waals surface area contributed by atoms with Gasteiger partial charge >= 0.3 is 0 Å². The molecule has 42 heavy (non-hydrogen) atoms. The molecule has 1 atom stereocenters. The average molecular weight is 588 g/mol. The summed E-state index contributed by atoms with van der Waals surface area (Å²) >= 11 is 6.18. The van der Waals surface area contributed by atoms with Crippen molar-refractivity contribution in [2.75, 3.05) is 13.2 Å². The van der Waals surface area contributed by atoms with Gasteiger partial charge in [-0.2, -0.15) is 0 Å². The van der Waals surface area contributed by atoms with Gasteiger partial charge in [-0.3, -0.25) is 19.1 Å². The number of carbonyl (C=O) groups is 2. The zero-order valence-corrected chi connectivity index (χ0v) is 23.9. The number of nitrogens with one attached hydrogen (secondary N) is 1. The van der Waals surface area contributed by atoms with Crippen LogP contribution in [0.4, 0.5) is 0 Å². The summed E-state index contributed by atoms with van der Waals surface area (Å²) in [5, 5.41) is 31.3. The number of carbonyl (C=O) groups excluding carboxylic acids is 2. The number of Topliss-reactive ketones (excluding diaryl/α,β-unsaturated/α-hetero) is 1.